The van der Waals surface area contributed by atoms with Gasteiger partial charge < -0.3 is 15.4 Å². The molecule has 1 aliphatic carbocycles. The predicted molar refractivity (Wildman–Crippen MR) is 91.1 cm³/mol. The van der Waals surface area contributed by atoms with Crippen molar-refractivity contribution in [3.63, 3.8) is 0 Å². The smallest absolute Gasteiger partial charge is 0.243 e. The van der Waals surface area contributed by atoms with Gasteiger partial charge in [0.1, 0.15) is 5.54 Å². The minimum atomic E-state index is -0.764. The maximum absolute atomic E-state index is 13.2. The van der Waals surface area contributed by atoms with Crippen LogP contribution < -0.4 is 5.73 Å². The fourth-order valence-electron chi connectivity index (χ4n) is 4.62. The first-order chi connectivity index (χ1) is 10.9. The molecule has 0 aromatic heterocycles. The highest BCUT2D eigenvalue weighted by atomic mass is 16.5. The van der Waals surface area contributed by atoms with Crippen molar-refractivity contribution in [3.05, 3.63) is 0 Å². The zero-order valence-electron chi connectivity index (χ0n) is 15.0. The minimum absolute atomic E-state index is 0.0978. The fraction of sp³-hybridized carbons (Fsp3) is 0.944. The molecule has 0 aromatic carbocycles. The molecule has 0 bridgehead atoms. The van der Waals surface area contributed by atoms with Gasteiger partial charge in [0, 0.05) is 37.6 Å². The molecule has 3 unspecified atom stereocenters. The van der Waals surface area contributed by atoms with E-state index < -0.39 is 5.54 Å². The lowest BCUT2D eigenvalue weighted by Crippen LogP contribution is -2.76. The Morgan fingerprint density at radius 1 is 1.22 bits per heavy atom. The molecule has 3 atom stereocenters. The molecule has 0 aromatic rings. The van der Waals surface area contributed by atoms with Crippen molar-refractivity contribution in [2.45, 2.75) is 70.6 Å². The highest BCUT2D eigenvalue weighted by Gasteiger charge is 2.63. The molecule has 132 valence electrons. The highest BCUT2D eigenvalue weighted by Crippen LogP contribution is 2.50. The van der Waals surface area contributed by atoms with Gasteiger partial charge in [-0.2, -0.15) is 0 Å². The van der Waals surface area contributed by atoms with Crippen molar-refractivity contribution in [3.8, 4) is 0 Å². The fourth-order valence-corrected chi connectivity index (χ4v) is 4.62. The normalized spacial score (nSPS) is 37.7. The molecule has 2 N–H and O–H groups in total. The zero-order chi connectivity index (χ0) is 16.7. The van der Waals surface area contributed by atoms with E-state index >= 15 is 0 Å². The van der Waals surface area contributed by atoms with Gasteiger partial charge in [0.05, 0.1) is 6.10 Å². The molecule has 2 aliphatic heterocycles. The van der Waals surface area contributed by atoms with Gasteiger partial charge in [-0.3, -0.25) is 9.69 Å². The van der Waals surface area contributed by atoms with Gasteiger partial charge in [-0.05, 0) is 45.7 Å². The average molecular weight is 323 g/mol. The van der Waals surface area contributed by atoms with Gasteiger partial charge >= 0.3 is 0 Å². The molecule has 3 fully saturated rings. The Bertz CT molecular complexity index is 448. The number of nitrogens with zero attached hydrogens (tertiary/aromatic N) is 2. The molecule has 3 rings (SSSR count). The first kappa shape index (κ1) is 17.2. The predicted octanol–water partition coefficient (Wildman–Crippen LogP) is 1.61. The number of hydrogen-bond donors (Lipinski definition) is 1. The zero-order valence-corrected chi connectivity index (χ0v) is 15.0. The van der Waals surface area contributed by atoms with E-state index in [1.165, 1.54) is 32.4 Å². The van der Waals surface area contributed by atoms with Crippen LogP contribution in [0.25, 0.3) is 0 Å². The molecule has 2 heterocycles. The topological polar surface area (TPSA) is 58.8 Å². The Kier molecular flexibility index (Phi) is 4.73. The van der Waals surface area contributed by atoms with Crippen LogP contribution in [0.3, 0.4) is 0 Å². The second-order valence-corrected chi connectivity index (χ2v) is 8.13. The summed E-state index contributed by atoms with van der Waals surface area (Å²) < 4.78 is 5.77. The number of nitrogens with two attached hydrogens (primary N) is 1. The lowest BCUT2D eigenvalue weighted by molar-refractivity contribution is -0.180. The Hall–Kier alpha value is -0.650. The first-order valence-electron chi connectivity index (χ1n) is 9.34. The summed E-state index contributed by atoms with van der Waals surface area (Å²) in [7, 11) is 0. The number of amides is 1. The van der Waals surface area contributed by atoms with Crippen molar-refractivity contribution in [1.29, 1.82) is 0 Å². The summed E-state index contributed by atoms with van der Waals surface area (Å²) in [6.45, 7) is 10.9. The molecule has 23 heavy (non-hydrogen) atoms. The van der Waals surface area contributed by atoms with Gasteiger partial charge in [-0.1, -0.05) is 13.8 Å². The molecule has 1 amide bonds. The van der Waals surface area contributed by atoms with Crippen LogP contribution in [0.2, 0.25) is 0 Å². The number of carbonyl (C=O) groups is 1. The largest absolute Gasteiger partial charge is 0.378 e. The van der Waals surface area contributed by atoms with Gasteiger partial charge in [-0.15, -0.1) is 0 Å². The summed E-state index contributed by atoms with van der Waals surface area (Å²) in [6, 6.07) is 0.532. The van der Waals surface area contributed by atoms with Crippen LogP contribution in [0.5, 0.6) is 0 Å². The van der Waals surface area contributed by atoms with Crippen LogP contribution in [0, 0.1) is 5.41 Å². The molecule has 1 saturated carbocycles. The maximum Gasteiger partial charge on any atom is 0.243 e. The van der Waals surface area contributed by atoms with E-state index in [2.05, 4.69) is 18.7 Å². The number of hydrogen-bond acceptors (Lipinski definition) is 4. The monoisotopic (exact) mass is 323 g/mol. The summed E-state index contributed by atoms with van der Waals surface area (Å²) in [6.07, 6.45) is 5.66. The summed E-state index contributed by atoms with van der Waals surface area (Å²) in [5, 5.41) is 0. The van der Waals surface area contributed by atoms with E-state index in [-0.39, 0.29) is 17.4 Å². The standard InChI is InChI=1S/C18H33N3O2/c1-4-23-15-12-18(19,17(15,2)3)16(22)21-11-7-8-14(13-21)20-9-5-6-10-20/h14-15H,4-13,19H2,1-3H3. The summed E-state index contributed by atoms with van der Waals surface area (Å²) >= 11 is 0. The lowest BCUT2D eigenvalue weighted by atomic mass is 9.54. The lowest BCUT2D eigenvalue weighted by Gasteiger charge is -2.59. The quantitative estimate of drug-likeness (QED) is 0.854. The average Bonchev–Trinajstić information content (AvgIpc) is 3.08. The molecule has 0 spiro atoms. The Labute approximate surface area is 140 Å². The van der Waals surface area contributed by atoms with E-state index in [1.54, 1.807) is 0 Å². The van der Waals surface area contributed by atoms with Gasteiger partial charge in [0.25, 0.3) is 0 Å². The highest BCUT2D eigenvalue weighted by molar-refractivity contribution is 5.89. The first-order valence-corrected chi connectivity index (χ1v) is 9.34. The van der Waals surface area contributed by atoms with Crippen LogP contribution >= 0.6 is 0 Å². The Morgan fingerprint density at radius 3 is 2.52 bits per heavy atom. The molecular formula is C18H33N3O2. The summed E-state index contributed by atoms with van der Waals surface area (Å²) in [5.41, 5.74) is 5.53. The van der Waals surface area contributed by atoms with E-state index in [4.69, 9.17) is 10.5 Å². The number of likely N-dealkylation sites (tertiary alicyclic amines) is 2. The van der Waals surface area contributed by atoms with Gasteiger partial charge in [0.15, 0.2) is 0 Å². The van der Waals surface area contributed by atoms with E-state index in [0.29, 0.717) is 19.1 Å². The third kappa shape index (κ3) is 2.81. The van der Waals surface area contributed by atoms with Crippen LogP contribution in [-0.2, 0) is 9.53 Å². The van der Waals surface area contributed by atoms with Crippen molar-refractivity contribution in [2.24, 2.45) is 11.1 Å². The van der Waals surface area contributed by atoms with Gasteiger partial charge in [0.2, 0.25) is 5.91 Å². The number of carbonyl (C=O) groups excluding carboxylic acids is 1. The van der Waals surface area contributed by atoms with Crippen LogP contribution in [0.4, 0.5) is 0 Å². The summed E-state index contributed by atoms with van der Waals surface area (Å²) in [5.74, 6) is 0.141. The third-order valence-corrected chi connectivity index (χ3v) is 6.55. The molecule has 0 radical (unpaired) electrons. The van der Waals surface area contributed by atoms with E-state index in [0.717, 1.165) is 19.5 Å². The van der Waals surface area contributed by atoms with Crippen molar-refractivity contribution >= 4 is 5.91 Å². The summed E-state index contributed by atoms with van der Waals surface area (Å²) in [4.78, 5) is 17.8. The number of piperidine rings is 1. The maximum atomic E-state index is 13.2. The second kappa shape index (κ2) is 6.34. The number of rotatable bonds is 4. The van der Waals surface area contributed by atoms with E-state index in [1.807, 2.05) is 11.8 Å². The van der Waals surface area contributed by atoms with Crippen LogP contribution in [-0.4, -0.2) is 66.2 Å². The van der Waals surface area contributed by atoms with Crippen molar-refractivity contribution in [1.82, 2.24) is 9.80 Å². The Morgan fingerprint density at radius 2 is 1.91 bits per heavy atom. The van der Waals surface area contributed by atoms with E-state index in [9.17, 15) is 4.79 Å². The SMILES string of the molecule is CCOC1CC(N)(C(=O)N2CCCC(N3CCCC3)C2)C1(C)C. The Balaban J connectivity index is 1.65. The van der Waals surface area contributed by atoms with Crippen LogP contribution in [0.1, 0.15) is 52.9 Å². The van der Waals surface area contributed by atoms with Crippen molar-refractivity contribution < 1.29 is 9.53 Å². The van der Waals surface area contributed by atoms with Crippen LogP contribution in [0.15, 0.2) is 0 Å². The second-order valence-electron chi connectivity index (χ2n) is 8.13. The molecule has 3 aliphatic rings. The minimum Gasteiger partial charge on any atom is -0.378 e. The van der Waals surface area contributed by atoms with Gasteiger partial charge in [-0.25, -0.2) is 0 Å². The molecule has 5 heteroatoms. The number of ether oxygens (including phenoxy) is 1. The molecular weight excluding hydrogens is 290 g/mol. The van der Waals surface area contributed by atoms with Crippen molar-refractivity contribution in [2.75, 3.05) is 32.8 Å². The molecule has 5 nitrogen and oxygen atoms in total. The third-order valence-electron chi connectivity index (χ3n) is 6.55. The molecule has 2 saturated heterocycles.